The van der Waals surface area contributed by atoms with Gasteiger partial charge in [-0.3, -0.25) is 0 Å². The van der Waals surface area contributed by atoms with Gasteiger partial charge in [-0.25, -0.2) is 0 Å². The smallest absolute Gasteiger partial charge is 0.0897 e. The molecule has 0 saturated carbocycles. The lowest BCUT2D eigenvalue weighted by atomic mass is 10.2. The fourth-order valence-electron chi connectivity index (χ4n) is 1.88. The zero-order valence-corrected chi connectivity index (χ0v) is 12.9. The number of hydrogen-bond acceptors (Lipinski definition) is 4. The van der Waals surface area contributed by atoms with Gasteiger partial charge in [0.05, 0.1) is 12.7 Å². The van der Waals surface area contributed by atoms with Crippen LogP contribution in [0.4, 0.5) is 0 Å². The molecule has 0 radical (unpaired) electrons. The highest BCUT2D eigenvalue weighted by Gasteiger charge is 2.05. The second kappa shape index (κ2) is 7.76. The van der Waals surface area contributed by atoms with Crippen LogP contribution in [-0.4, -0.2) is 31.5 Å². The van der Waals surface area contributed by atoms with E-state index < -0.39 is 6.10 Å². The van der Waals surface area contributed by atoms with E-state index in [1.54, 1.807) is 18.4 Å². The molecule has 1 unspecified atom stereocenters. The Morgan fingerprint density at radius 2 is 2.20 bits per heavy atom. The van der Waals surface area contributed by atoms with E-state index in [1.165, 1.54) is 9.75 Å². The van der Waals surface area contributed by atoms with Gasteiger partial charge < -0.3 is 15.2 Å². The Morgan fingerprint density at radius 1 is 1.35 bits per heavy atom. The molecule has 20 heavy (non-hydrogen) atoms. The minimum atomic E-state index is -0.465. The van der Waals surface area contributed by atoms with Crippen molar-refractivity contribution in [1.29, 1.82) is 0 Å². The summed E-state index contributed by atoms with van der Waals surface area (Å²) in [5, 5.41) is 13.5. The van der Waals surface area contributed by atoms with Gasteiger partial charge >= 0.3 is 0 Å². The number of aliphatic hydroxyl groups excluding tert-OH is 1. The topological polar surface area (TPSA) is 41.5 Å². The van der Waals surface area contributed by atoms with Gasteiger partial charge in [0.2, 0.25) is 0 Å². The van der Waals surface area contributed by atoms with Crippen molar-refractivity contribution in [3.05, 3.63) is 46.3 Å². The Morgan fingerprint density at radius 3 is 2.95 bits per heavy atom. The summed E-state index contributed by atoms with van der Waals surface area (Å²) in [6, 6.07) is 12.0. The van der Waals surface area contributed by atoms with Crippen molar-refractivity contribution in [2.45, 2.75) is 12.6 Å². The monoisotopic (exact) mass is 311 g/mol. The Hall–Kier alpha value is -0.910. The highest BCUT2D eigenvalue weighted by atomic mass is 35.5. The fourth-order valence-corrected chi connectivity index (χ4v) is 3.05. The molecule has 5 heteroatoms. The van der Waals surface area contributed by atoms with Crippen molar-refractivity contribution in [2.75, 3.05) is 20.3 Å². The van der Waals surface area contributed by atoms with E-state index in [1.807, 2.05) is 18.2 Å². The molecule has 0 aliphatic heterocycles. The van der Waals surface area contributed by atoms with Crippen LogP contribution in [0, 0.1) is 0 Å². The van der Waals surface area contributed by atoms with Gasteiger partial charge in [-0.2, -0.15) is 0 Å². The first-order chi connectivity index (χ1) is 9.69. The SMILES string of the molecule is COCC(O)CNCc1ccc(-c2cccc(Cl)c2)s1. The van der Waals surface area contributed by atoms with Crippen LogP contribution in [0.1, 0.15) is 4.88 Å². The number of halogens is 1. The lowest BCUT2D eigenvalue weighted by molar-refractivity contribution is 0.0644. The van der Waals surface area contributed by atoms with Crippen LogP contribution in [0.25, 0.3) is 10.4 Å². The van der Waals surface area contributed by atoms with Crippen molar-refractivity contribution < 1.29 is 9.84 Å². The van der Waals surface area contributed by atoms with E-state index in [-0.39, 0.29) is 0 Å². The third-order valence-corrected chi connectivity index (χ3v) is 4.18. The molecule has 0 amide bonds. The molecule has 0 aliphatic rings. The molecule has 1 aromatic carbocycles. The summed E-state index contributed by atoms with van der Waals surface area (Å²) >= 11 is 7.73. The Balaban J connectivity index is 1.89. The van der Waals surface area contributed by atoms with Gasteiger partial charge in [-0.1, -0.05) is 23.7 Å². The van der Waals surface area contributed by atoms with Crippen LogP contribution >= 0.6 is 22.9 Å². The average Bonchev–Trinajstić information content (AvgIpc) is 2.88. The predicted octanol–water partition coefficient (Wildman–Crippen LogP) is 3.17. The summed E-state index contributed by atoms with van der Waals surface area (Å²) in [5.74, 6) is 0. The van der Waals surface area contributed by atoms with Gasteiger partial charge in [0.25, 0.3) is 0 Å². The summed E-state index contributed by atoms with van der Waals surface area (Å²) < 4.78 is 4.88. The number of aliphatic hydroxyl groups is 1. The van der Waals surface area contributed by atoms with Gasteiger partial charge in [0.1, 0.15) is 0 Å². The maximum atomic E-state index is 9.54. The number of ether oxygens (including phenoxy) is 1. The summed E-state index contributed by atoms with van der Waals surface area (Å²) in [7, 11) is 1.58. The van der Waals surface area contributed by atoms with E-state index in [9.17, 15) is 5.11 Å². The minimum Gasteiger partial charge on any atom is -0.389 e. The van der Waals surface area contributed by atoms with Crippen molar-refractivity contribution >= 4 is 22.9 Å². The van der Waals surface area contributed by atoms with E-state index >= 15 is 0 Å². The molecule has 2 rings (SSSR count). The Labute approximate surface area is 128 Å². The third-order valence-electron chi connectivity index (χ3n) is 2.81. The van der Waals surface area contributed by atoms with E-state index in [2.05, 4.69) is 23.5 Å². The molecule has 0 aliphatic carbocycles. The van der Waals surface area contributed by atoms with E-state index in [4.69, 9.17) is 16.3 Å². The van der Waals surface area contributed by atoms with Crippen LogP contribution in [0.3, 0.4) is 0 Å². The number of methoxy groups -OCH3 is 1. The first-order valence-corrected chi connectivity index (χ1v) is 7.61. The summed E-state index contributed by atoms with van der Waals surface area (Å²) in [5.41, 5.74) is 1.13. The lowest BCUT2D eigenvalue weighted by Crippen LogP contribution is -2.29. The van der Waals surface area contributed by atoms with Crippen LogP contribution < -0.4 is 5.32 Å². The first kappa shape index (κ1) is 15.5. The van der Waals surface area contributed by atoms with Crippen LogP contribution in [0.15, 0.2) is 36.4 Å². The molecule has 3 nitrogen and oxygen atoms in total. The van der Waals surface area contributed by atoms with Crippen molar-refractivity contribution in [3.8, 4) is 10.4 Å². The summed E-state index contributed by atoms with van der Waals surface area (Å²) in [6.45, 7) is 1.62. The van der Waals surface area contributed by atoms with Crippen molar-refractivity contribution in [1.82, 2.24) is 5.32 Å². The zero-order valence-electron chi connectivity index (χ0n) is 11.3. The van der Waals surface area contributed by atoms with E-state index in [0.717, 1.165) is 17.1 Å². The summed E-state index contributed by atoms with van der Waals surface area (Å²) in [6.07, 6.45) is -0.465. The average molecular weight is 312 g/mol. The number of benzene rings is 1. The highest BCUT2D eigenvalue weighted by Crippen LogP contribution is 2.29. The normalized spacial score (nSPS) is 12.6. The molecule has 0 spiro atoms. The molecule has 1 aromatic heterocycles. The quantitative estimate of drug-likeness (QED) is 0.825. The van der Waals surface area contributed by atoms with Gasteiger partial charge in [0.15, 0.2) is 0 Å². The predicted molar refractivity (Wildman–Crippen MR) is 84.4 cm³/mol. The molecule has 0 bridgehead atoms. The molecule has 2 N–H and O–H groups in total. The zero-order chi connectivity index (χ0) is 14.4. The number of rotatable bonds is 7. The second-order valence-electron chi connectivity index (χ2n) is 4.52. The Bertz CT molecular complexity index is 544. The largest absolute Gasteiger partial charge is 0.389 e. The highest BCUT2D eigenvalue weighted by molar-refractivity contribution is 7.15. The third kappa shape index (κ3) is 4.58. The molecule has 1 heterocycles. The van der Waals surface area contributed by atoms with Gasteiger partial charge in [-0.15, -0.1) is 11.3 Å². The van der Waals surface area contributed by atoms with E-state index in [0.29, 0.717) is 13.2 Å². The minimum absolute atomic E-state index is 0.352. The fraction of sp³-hybridized carbons (Fsp3) is 0.333. The molecular weight excluding hydrogens is 294 g/mol. The number of thiophene rings is 1. The van der Waals surface area contributed by atoms with Gasteiger partial charge in [-0.05, 0) is 29.8 Å². The molecule has 108 valence electrons. The lowest BCUT2D eigenvalue weighted by Gasteiger charge is -2.09. The maximum Gasteiger partial charge on any atom is 0.0897 e. The molecule has 0 saturated heterocycles. The van der Waals surface area contributed by atoms with Crippen LogP contribution in [-0.2, 0) is 11.3 Å². The maximum absolute atomic E-state index is 9.54. The van der Waals surface area contributed by atoms with Crippen molar-refractivity contribution in [3.63, 3.8) is 0 Å². The second-order valence-corrected chi connectivity index (χ2v) is 6.12. The molecule has 0 fully saturated rings. The standard InChI is InChI=1S/C15H18ClNO2S/c1-19-10-13(18)8-17-9-14-5-6-15(20-14)11-3-2-4-12(16)7-11/h2-7,13,17-18H,8-10H2,1H3. The molecule has 1 atom stereocenters. The number of hydrogen-bond donors (Lipinski definition) is 2. The summed E-state index contributed by atoms with van der Waals surface area (Å²) in [4.78, 5) is 2.42. The van der Waals surface area contributed by atoms with Crippen LogP contribution in [0.2, 0.25) is 5.02 Å². The number of nitrogens with one attached hydrogen (secondary N) is 1. The van der Waals surface area contributed by atoms with Crippen molar-refractivity contribution in [2.24, 2.45) is 0 Å². The molecular formula is C15H18ClNO2S. The Kier molecular flexibility index (Phi) is 6.01. The van der Waals surface area contributed by atoms with Gasteiger partial charge in [0, 0.05) is 35.0 Å². The first-order valence-electron chi connectivity index (χ1n) is 6.41. The molecule has 2 aromatic rings. The van der Waals surface area contributed by atoms with Crippen LogP contribution in [0.5, 0.6) is 0 Å².